The lowest BCUT2D eigenvalue weighted by Gasteiger charge is -2.32. The molecule has 1 unspecified atom stereocenters. The normalized spacial score (nSPS) is 17.7. The number of fused-ring (bicyclic) bond motifs is 1. The smallest absolute Gasteiger partial charge is 0.213 e. The topological polar surface area (TPSA) is 52.4 Å². The highest BCUT2D eigenvalue weighted by atomic mass is 19.1. The van der Waals surface area contributed by atoms with Crippen molar-refractivity contribution in [3.8, 4) is 5.88 Å². The van der Waals surface area contributed by atoms with Gasteiger partial charge in [-0.05, 0) is 81.6 Å². The fourth-order valence-electron chi connectivity index (χ4n) is 5.80. The van der Waals surface area contributed by atoms with Crippen molar-refractivity contribution in [1.29, 1.82) is 0 Å². The van der Waals surface area contributed by atoms with Crippen LogP contribution in [0.15, 0.2) is 67.8 Å². The molecule has 218 valence electrons. The standard InChI is InChI=1S/C35H39FN4O2/c1-23(2)26-8-9-28(30(36)18-26)22-42-35-7-5-6-31(38-35)25-12-15-39(16-13-25)21-34-37-32-11-10-27(24(3)4)19-33(32)40(34)20-29-14-17-41-29/h5-11,18-19,25,29H,1,3,12-17,20-22H2,2,4H3. The summed E-state index contributed by atoms with van der Waals surface area (Å²) in [5.41, 5.74) is 7.56. The van der Waals surface area contributed by atoms with Crippen LogP contribution in [-0.4, -0.2) is 45.2 Å². The Morgan fingerprint density at radius 2 is 1.71 bits per heavy atom. The first-order valence-corrected chi connectivity index (χ1v) is 14.9. The number of halogens is 1. The highest BCUT2D eigenvalue weighted by Gasteiger charge is 2.26. The minimum atomic E-state index is -0.288. The summed E-state index contributed by atoms with van der Waals surface area (Å²) >= 11 is 0. The van der Waals surface area contributed by atoms with Gasteiger partial charge in [0.25, 0.3) is 0 Å². The van der Waals surface area contributed by atoms with Gasteiger partial charge in [-0.15, -0.1) is 0 Å². The van der Waals surface area contributed by atoms with E-state index in [-0.39, 0.29) is 18.5 Å². The number of pyridine rings is 1. The molecule has 4 heterocycles. The highest BCUT2D eigenvalue weighted by Crippen LogP contribution is 2.30. The molecule has 2 aliphatic heterocycles. The van der Waals surface area contributed by atoms with Crippen LogP contribution in [0, 0.1) is 5.82 Å². The number of hydrogen-bond donors (Lipinski definition) is 0. The van der Waals surface area contributed by atoms with Crippen molar-refractivity contribution < 1.29 is 13.9 Å². The minimum absolute atomic E-state index is 0.137. The predicted octanol–water partition coefficient (Wildman–Crippen LogP) is 7.38. The van der Waals surface area contributed by atoms with Gasteiger partial charge in [0, 0.05) is 29.8 Å². The van der Waals surface area contributed by atoms with Gasteiger partial charge < -0.3 is 14.0 Å². The number of aromatic nitrogens is 3. The molecule has 0 saturated carbocycles. The summed E-state index contributed by atoms with van der Waals surface area (Å²) in [6, 6.07) is 17.5. The lowest BCUT2D eigenvalue weighted by molar-refractivity contribution is -0.0592. The Bertz CT molecular complexity index is 1610. The van der Waals surface area contributed by atoms with E-state index < -0.39 is 0 Å². The SMILES string of the molecule is C=C(C)c1ccc(COc2cccc(C3CCN(Cc4nc5ccc(C(=C)C)cc5n4CC4CCO4)CC3)n2)c(F)c1. The summed E-state index contributed by atoms with van der Waals surface area (Å²) in [7, 11) is 0. The molecule has 2 saturated heterocycles. The van der Waals surface area contributed by atoms with Crippen LogP contribution in [0.3, 0.4) is 0 Å². The molecule has 0 radical (unpaired) electrons. The molecule has 1 atom stereocenters. The maximum Gasteiger partial charge on any atom is 0.213 e. The van der Waals surface area contributed by atoms with Gasteiger partial charge in [-0.1, -0.05) is 48.6 Å². The third kappa shape index (κ3) is 6.18. The maximum atomic E-state index is 14.5. The fourth-order valence-corrected chi connectivity index (χ4v) is 5.80. The van der Waals surface area contributed by atoms with E-state index in [0.29, 0.717) is 17.4 Å². The number of allylic oxidation sites excluding steroid dienone is 2. The molecule has 42 heavy (non-hydrogen) atoms. The van der Waals surface area contributed by atoms with Gasteiger partial charge in [0.1, 0.15) is 18.2 Å². The van der Waals surface area contributed by atoms with Crippen LogP contribution < -0.4 is 4.74 Å². The molecule has 7 heteroatoms. The first kappa shape index (κ1) is 28.3. The molecule has 2 aromatic heterocycles. The highest BCUT2D eigenvalue weighted by molar-refractivity contribution is 5.81. The molecule has 0 amide bonds. The Labute approximate surface area is 247 Å². The van der Waals surface area contributed by atoms with E-state index in [0.717, 1.165) is 96.9 Å². The van der Waals surface area contributed by atoms with E-state index in [9.17, 15) is 4.39 Å². The monoisotopic (exact) mass is 566 g/mol. The maximum absolute atomic E-state index is 14.5. The molecule has 0 aliphatic carbocycles. The Morgan fingerprint density at radius 3 is 2.40 bits per heavy atom. The van der Waals surface area contributed by atoms with Crippen molar-refractivity contribution in [1.82, 2.24) is 19.4 Å². The van der Waals surface area contributed by atoms with Crippen LogP contribution in [-0.2, 0) is 24.4 Å². The van der Waals surface area contributed by atoms with Gasteiger partial charge in [-0.2, -0.15) is 0 Å². The Hall–Kier alpha value is -3.81. The van der Waals surface area contributed by atoms with E-state index in [1.807, 2.05) is 32.0 Å². The summed E-state index contributed by atoms with van der Waals surface area (Å²) in [4.78, 5) is 12.3. The van der Waals surface area contributed by atoms with Gasteiger partial charge >= 0.3 is 0 Å². The molecule has 6 rings (SSSR count). The third-order valence-corrected chi connectivity index (χ3v) is 8.54. The largest absolute Gasteiger partial charge is 0.473 e. The molecule has 0 bridgehead atoms. The van der Waals surface area contributed by atoms with Crippen LogP contribution in [0.2, 0.25) is 0 Å². The molecular weight excluding hydrogens is 527 g/mol. The van der Waals surface area contributed by atoms with E-state index in [1.54, 1.807) is 6.07 Å². The third-order valence-electron chi connectivity index (χ3n) is 8.54. The van der Waals surface area contributed by atoms with Gasteiger partial charge in [-0.25, -0.2) is 14.4 Å². The van der Waals surface area contributed by atoms with Crippen molar-refractivity contribution in [2.24, 2.45) is 0 Å². The summed E-state index contributed by atoms with van der Waals surface area (Å²) < 4.78 is 28.6. The van der Waals surface area contributed by atoms with Crippen molar-refractivity contribution in [2.45, 2.75) is 64.8 Å². The van der Waals surface area contributed by atoms with Gasteiger partial charge in [0.2, 0.25) is 5.88 Å². The number of likely N-dealkylation sites (tertiary alicyclic amines) is 1. The molecule has 2 fully saturated rings. The Morgan fingerprint density at radius 1 is 0.976 bits per heavy atom. The number of hydrogen-bond acceptors (Lipinski definition) is 5. The molecule has 2 aliphatic rings. The van der Waals surface area contributed by atoms with Crippen molar-refractivity contribution in [3.63, 3.8) is 0 Å². The molecule has 6 nitrogen and oxygen atoms in total. The average molecular weight is 567 g/mol. The van der Waals surface area contributed by atoms with Crippen LogP contribution in [0.25, 0.3) is 22.2 Å². The molecule has 2 aromatic carbocycles. The second kappa shape index (κ2) is 12.2. The number of rotatable bonds is 10. The zero-order valence-corrected chi connectivity index (χ0v) is 24.6. The van der Waals surface area contributed by atoms with Gasteiger partial charge in [0.05, 0.1) is 30.2 Å². The number of nitrogens with zero attached hydrogens (tertiary/aromatic N) is 4. The first-order chi connectivity index (χ1) is 20.3. The summed E-state index contributed by atoms with van der Waals surface area (Å²) in [5.74, 6) is 1.69. The van der Waals surface area contributed by atoms with E-state index in [4.69, 9.17) is 19.4 Å². The fraction of sp³-hybridized carbons (Fsp3) is 0.371. The number of benzene rings is 2. The van der Waals surface area contributed by atoms with Crippen molar-refractivity contribution in [3.05, 3.63) is 102 Å². The summed E-state index contributed by atoms with van der Waals surface area (Å²) in [5, 5.41) is 0. The summed E-state index contributed by atoms with van der Waals surface area (Å²) in [6.45, 7) is 16.5. The van der Waals surface area contributed by atoms with Crippen LogP contribution in [0.1, 0.15) is 67.2 Å². The Balaban J connectivity index is 1.09. The minimum Gasteiger partial charge on any atom is -0.473 e. The quantitative estimate of drug-likeness (QED) is 0.200. The van der Waals surface area contributed by atoms with Crippen molar-refractivity contribution >= 4 is 22.2 Å². The van der Waals surface area contributed by atoms with Crippen molar-refractivity contribution in [2.75, 3.05) is 19.7 Å². The second-order valence-corrected chi connectivity index (χ2v) is 11.7. The second-order valence-electron chi connectivity index (χ2n) is 11.7. The number of piperidine rings is 1. The lowest BCUT2D eigenvalue weighted by atomic mass is 9.93. The molecular formula is C35H39FN4O2. The van der Waals surface area contributed by atoms with Crippen LogP contribution in [0.4, 0.5) is 4.39 Å². The number of imidazole rings is 1. The zero-order chi connectivity index (χ0) is 29.2. The zero-order valence-electron chi connectivity index (χ0n) is 24.6. The lowest BCUT2D eigenvalue weighted by Crippen LogP contribution is -2.35. The molecule has 0 spiro atoms. The van der Waals surface area contributed by atoms with Gasteiger partial charge in [-0.3, -0.25) is 4.90 Å². The van der Waals surface area contributed by atoms with Crippen LogP contribution in [0.5, 0.6) is 5.88 Å². The molecule has 0 N–H and O–H groups in total. The summed E-state index contributed by atoms with van der Waals surface area (Å²) in [6.07, 6.45) is 3.38. The Kier molecular flexibility index (Phi) is 8.22. The van der Waals surface area contributed by atoms with Crippen LogP contribution >= 0.6 is 0 Å². The van der Waals surface area contributed by atoms with E-state index in [2.05, 4.69) is 46.9 Å². The average Bonchev–Trinajstić information content (AvgIpc) is 3.30. The first-order valence-electron chi connectivity index (χ1n) is 14.9. The predicted molar refractivity (Wildman–Crippen MR) is 166 cm³/mol. The van der Waals surface area contributed by atoms with E-state index in [1.165, 1.54) is 6.07 Å². The molecule has 4 aromatic rings. The van der Waals surface area contributed by atoms with Gasteiger partial charge in [0.15, 0.2) is 0 Å². The number of ether oxygens (including phenoxy) is 2. The van der Waals surface area contributed by atoms with E-state index >= 15 is 0 Å².